The minimum absolute atomic E-state index is 0.00682. The van der Waals surface area contributed by atoms with Crippen molar-refractivity contribution in [2.45, 2.75) is 85.1 Å². The first-order valence-electron chi connectivity index (χ1n) is 9.58. The second-order valence-corrected chi connectivity index (χ2v) is 6.67. The van der Waals surface area contributed by atoms with Gasteiger partial charge < -0.3 is 15.2 Å². The third-order valence-electron chi connectivity index (χ3n) is 4.46. The molecule has 0 aliphatic rings. The molecule has 0 aromatic rings. The van der Waals surface area contributed by atoms with Gasteiger partial charge in [0, 0.05) is 13.2 Å². The van der Waals surface area contributed by atoms with Crippen LogP contribution in [0, 0.1) is 11.8 Å². The maximum absolute atomic E-state index is 6.08. The van der Waals surface area contributed by atoms with Crippen LogP contribution >= 0.6 is 0 Å². The number of ether oxygens (including phenoxy) is 2. The molecule has 0 radical (unpaired) electrons. The van der Waals surface area contributed by atoms with Crippen LogP contribution in [0.2, 0.25) is 0 Å². The van der Waals surface area contributed by atoms with Gasteiger partial charge in [-0.3, -0.25) is 0 Å². The summed E-state index contributed by atoms with van der Waals surface area (Å²) in [5.74, 6) is 1.37. The molecule has 0 aromatic carbocycles. The highest BCUT2D eigenvalue weighted by Crippen LogP contribution is 2.14. The van der Waals surface area contributed by atoms with Crippen molar-refractivity contribution < 1.29 is 9.47 Å². The predicted octanol–water partition coefficient (Wildman–Crippen LogP) is 4.78. The SMILES string of the molecule is CCCC[C@@H](CC)COCC(N)COC[C@H](CC)CCCC. The Bertz CT molecular complexity index is 201. The van der Waals surface area contributed by atoms with E-state index in [0.29, 0.717) is 25.0 Å². The van der Waals surface area contributed by atoms with Gasteiger partial charge in [0.25, 0.3) is 0 Å². The van der Waals surface area contributed by atoms with E-state index in [1.54, 1.807) is 0 Å². The highest BCUT2D eigenvalue weighted by Gasteiger charge is 2.10. The second-order valence-electron chi connectivity index (χ2n) is 6.67. The van der Waals surface area contributed by atoms with Gasteiger partial charge in [-0.25, -0.2) is 0 Å². The average Bonchev–Trinajstić information content (AvgIpc) is 2.53. The fourth-order valence-corrected chi connectivity index (χ4v) is 2.62. The van der Waals surface area contributed by atoms with Crippen LogP contribution < -0.4 is 5.73 Å². The fraction of sp³-hybridized carbons (Fsp3) is 1.00. The normalized spacial score (nSPS) is 14.5. The quantitative estimate of drug-likeness (QED) is 0.446. The minimum atomic E-state index is 0.00682. The molecule has 3 nitrogen and oxygen atoms in total. The van der Waals surface area contributed by atoms with Crippen molar-refractivity contribution >= 4 is 0 Å². The Hall–Kier alpha value is -0.120. The Kier molecular flexibility index (Phi) is 15.7. The van der Waals surface area contributed by atoms with E-state index in [-0.39, 0.29) is 6.04 Å². The fourth-order valence-electron chi connectivity index (χ4n) is 2.62. The maximum atomic E-state index is 6.08. The molecule has 0 spiro atoms. The second kappa shape index (κ2) is 15.8. The Balaban J connectivity index is 3.65. The van der Waals surface area contributed by atoms with E-state index in [1.165, 1.54) is 51.4 Å². The topological polar surface area (TPSA) is 44.5 Å². The number of unbranched alkanes of at least 4 members (excludes halogenated alkanes) is 2. The summed E-state index contributed by atoms with van der Waals surface area (Å²) in [5, 5.41) is 0. The van der Waals surface area contributed by atoms with Crippen molar-refractivity contribution in [3.63, 3.8) is 0 Å². The first kappa shape index (κ1) is 21.9. The van der Waals surface area contributed by atoms with Gasteiger partial charge in [0.15, 0.2) is 0 Å². The van der Waals surface area contributed by atoms with Crippen LogP contribution in [-0.2, 0) is 9.47 Å². The first-order chi connectivity index (χ1) is 10.7. The zero-order valence-corrected chi connectivity index (χ0v) is 15.6. The summed E-state index contributed by atoms with van der Waals surface area (Å²) < 4.78 is 11.6. The summed E-state index contributed by atoms with van der Waals surface area (Å²) in [5.41, 5.74) is 6.08. The lowest BCUT2D eigenvalue weighted by atomic mass is 10.0. The molecule has 0 aromatic heterocycles. The Labute approximate surface area is 139 Å². The predicted molar refractivity (Wildman–Crippen MR) is 96.2 cm³/mol. The largest absolute Gasteiger partial charge is 0.379 e. The van der Waals surface area contributed by atoms with Gasteiger partial charge in [0.1, 0.15) is 0 Å². The average molecular weight is 316 g/mol. The van der Waals surface area contributed by atoms with Crippen molar-refractivity contribution in [3.05, 3.63) is 0 Å². The van der Waals surface area contributed by atoms with E-state index in [0.717, 1.165) is 13.2 Å². The molecule has 0 aliphatic carbocycles. The molecule has 134 valence electrons. The third kappa shape index (κ3) is 12.4. The van der Waals surface area contributed by atoms with E-state index < -0.39 is 0 Å². The zero-order chi connectivity index (χ0) is 16.6. The van der Waals surface area contributed by atoms with Gasteiger partial charge in [-0.15, -0.1) is 0 Å². The Morgan fingerprint density at radius 1 is 0.682 bits per heavy atom. The van der Waals surface area contributed by atoms with E-state index in [1.807, 2.05) is 0 Å². The van der Waals surface area contributed by atoms with E-state index in [4.69, 9.17) is 15.2 Å². The molecule has 0 saturated heterocycles. The lowest BCUT2D eigenvalue weighted by Crippen LogP contribution is -2.33. The lowest BCUT2D eigenvalue weighted by molar-refractivity contribution is 0.0381. The summed E-state index contributed by atoms with van der Waals surface area (Å²) in [6.45, 7) is 11.9. The van der Waals surface area contributed by atoms with E-state index in [9.17, 15) is 0 Å². The molecule has 0 amide bonds. The summed E-state index contributed by atoms with van der Waals surface area (Å²) in [6, 6.07) is 0.00682. The molecular formula is C19H41NO2. The van der Waals surface area contributed by atoms with Crippen molar-refractivity contribution in [2.75, 3.05) is 26.4 Å². The third-order valence-corrected chi connectivity index (χ3v) is 4.46. The van der Waals surface area contributed by atoms with Crippen LogP contribution in [0.3, 0.4) is 0 Å². The van der Waals surface area contributed by atoms with Crippen LogP contribution in [0.15, 0.2) is 0 Å². The monoisotopic (exact) mass is 315 g/mol. The standard InChI is InChI=1S/C19H41NO2/c1-5-9-11-17(7-3)13-21-15-19(20)16-22-14-18(8-4)12-10-6-2/h17-19H,5-16,20H2,1-4H3/t17-,18-/m1/s1. The van der Waals surface area contributed by atoms with Gasteiger partial charge in [-0.2, -0.15) is 0 Å². The molecule has 2 N–H and O–H groups in total. The molecule has 0 aliphatic heterocycles. The smallest absolute Gasteiger partial charge is 0.0640 e. The van der Waals surface area contributed by atoms with E-state index in [2.05, 4.69) is 27.7 Å². The van der Waals surface area contributed by atoms with Crippen molar-refractivity contribution in [3.8, 4) is 0 Å². The Morgan fingerprint density at radius 2 is 1.09 bits per heavy atom. The number of nitrogens with two attached hydrogens (primary N) is 1. The first-order valence-corrected chi connectivity index (χ1v) is 9.58. The van der Waals surface area contributed by atoms with Crippen LogP contribution in [-0.4, -0.2) is 32.5 Å². The van der Waals surface area contributed by atoms with Gasteiger partial charge >= 0.3 is 0 Å². The van der Waals surface area contributed by atoms with Crippen molar-refractivity contribution in [1.82, 2.24) is 0 Å². The highest BCUT2D eigenvalue weighted by molar-refractivity contribution is 4.62. The minimum Gasteiger partial charge on any atom is -0.379 e. The molecule has 0 rings (SSSR count). The molecule has 0 heterocycles. The summed E-state index contributed by atoms with van der Waals surface area (Å²) in [7, 11) is 0. The zero-order valence-electron chi connectivity index (χ0n) is 15.6. The lowest BCUT2D eigenvalue weighted by Gasteiger charge is -2.19. The molecule has 0 unspecified atom stereocenters. The van der Waals surface area contributed by atoms with Gasteiger partial charge in [-0.1, -0.05) is 66.2 Å². The van der Waals surface area contributed by atoms with Gasteiger partial charge in [-0.05, 0) is 24.7 Å². The molecular weight excluding hydrogens is 274 g/mol. The van der Waals surface area contributed by atoms with Crippen molar-refractivity contribution in [1.29, 1.82) is 0 Å². The van der Waals surface area contributed by atoms with Crippen molar-refractivity contribution in [2.24, 2.45) is 17.6 Å². The number of hydrogen-bond acceptors (Lipinski definition) is 3. The molecule has 0 saturated carbocycles. The molecule has 2 atom stereocenters. The molecule has 0 bridgehead atoms. The van der Waals surface area contributed by atoms with Gasteiger partial charge in [0.05, 0.1) is 19.3 Å². The van der Waals surface area contributed by atoms with Gasteiger partial charge in [0.2, 0.25) is 0 Å². The molecule has 22 heavy (non-hydrogen) atoms. The van der Waals surface area contributed by atoms with Crippen LogP contribution in [0.25, 0.3) is 0 Å². The van der Waals surface area contributed by atoms with Crippen LogP contribution in [0.4, 0.5) is 0 Å². The van der Waals surface area contributed by atoms with Crippen LogP contribution in [0.5, 0.6) is 0 Å². The van der Waals surface area contributed by atoms with E-state index >= 15 is 0 Å². The molecule has 3 heteroatoms. The number of rotatable bonds is 16. The van der Waals surface area contributed by atoms with Crippen LogP contribution in [0.1, 0.15) is 79.1 Å². The molecule has 0 fully saturated rings. The maximum Gasteiger partial charge on any atom is 0.0640 e. The Morgan fingerprint density at radius 3 is 1.41 bits per heavy atom. The summed E-state index contributed by atoms with van der Waals surface area (Å²) >= 11 is 0. The summed E-state index contributed by atoms with van der Waals surface area (Å²) in [4.78, 5) is 0. The summed E-state index contributed by atoms with van der Waals surface area (Å²) in [6.07, 6.45) is 10.1. The number of hydrogen-bond donors (Lipinski definition) is 1. The highest BCUT2D eigenvalue weighted by atomic mass is 16.5.